The van der Waals surface area contributed by atoms with Gasteiger partial charge >= 0.3 is 0 Å². The molecule has 0 saturated carbocycles. The largest absolute Gasteiger partial charge is 0.492 e. The molecule has 0 unspecified atom stereocenters. The Morgan fingerprint density at radius 3 is 2.47 bits per heavy atom. The molecule has 1 aliphatic heterocycles. The summed E-state index contributed by atoms with van der Waals surface area (Å²) in [5.74, 6) is 2.31. The van der Waals surface area contributed by atoms with Crippen LogP contribution in [-0.4, -0.2) is 49.5 Å². The second kappa shape index (κ2) is 11.0. The molecule has 0 amide bonds. The van der Waals surface area contributed by atoms with E-state index in [1.54, 1.807) is 17.7 Å². The summed E-state index contributed by atoms with van der Waals surface area (Å²) in [7, 11) is 0. The van der Waals surface area contributed by atoms with E-state index in [9.17, 15) is 0 Å². The number of nitrogens with zero attached hydrogens (tertiary/aromatic N) is 3. The Kier molecular flexibility index (Phi) is 7.59. The highest BCUT2D eigenvalue weighted by Crippen LogP contribution is 2.44. The standard InChI is InChI=1S/C27H29BrN4O3S/c1-4-34-22-15-21(32-10-12-33-13-11-32)23(35-5-2)14-20(22)31-26-25-24(18-6-8-19(28)9-7-18)17(3)36-27(25)30-16-29-26/h6-9,14-16H,4-5,10-13H2,1-3H3,(H,29,30,31). The van der Waals surface area contributed by atoms with Crippen LogP contribution in [0.2, 0.25) is 0 Å². The van der Waals surface area contributed by atoms with Crippen molar-refractivity contribution < 1.29 is 14.2 Å². The molecule has 0 radical (unpaired) electrons. The SMILES string of the molecule is CCOc1cc(N2CCOCC2)c(OCC)cc1Nc1ncnc2sc(C)c(-c3ccc(Br)cc3)c12. The maximum Gasteiger partial charge on any atom is 0.145 e. The molecule has 2 aromatic heterocycles. The van der Waals surface area contributed by atoms with Crippen molar-refractivity contribution in [2.45, 2.75) is 20.8 Å². The van der Waals surface area contributed by atoms with E-state index in [2.05, 4.69) is 73.4 Å². The number of fused-ring (bicyclic) bond motifs is 1. The van der Waals surface area contributed by atoms with Crippen molar-refractivity contribution >= 4 is 54.7 Å². The lowest BCUT2D eigenvalue weighted by Crippen LogP contribution is -2.36. The van der Waals surface area contributed by atoms with Crippen LogP contribution >= 0.6 is 27.3 Å². The van der Waals surface area contributed by atoms with Gasteiger partial charge in [-0.1, -0.05) is 28.1 Å². The van der Waals surface area contributed by atoms with Gasteiger partial charge in [-0.15, -0.1) is 11.3 Å². The van der Waals surface area contributed by atoms with E-state index in [1.807, 2.05) is 19.9 Å². The van der Waals surface area contributed by atoms with E-state index in [0.29, 0.717) is 26.4 Å². The molecule has 1 saturated heterocycles. The van der Waals surface area contributed by atoms with Crippen LogP contribution in [0.1, 0.15) is 18.7 Å². The van der Waals surface area contributed by atoms with E-state index >= 15 is 0 Å². The van der Waals surface area contributed by atoms with Gasteiger partial charge in [-0.05, 0) is 38.5 Å². The fraction of sp³-hybridized carbons (Fsp3) is 0.333. The van der Waals surface area contributed by atoms with Crippen LogP contribution in [-0.2, 0) is 4.74 Å². The lowest BCUT2D eigenvalue weighted by molar-refractivity contribution is 0.122. The number of benzene rings is 2. The molecule has 9 heteroatoms. The molecular formula is C27H29BrN4O3S. The molecule has 0 bridgehead atoms. The highest BCUT2D eigenvalue weighted by molar-refractivity contribution is 9.10. The Hall–Kier alpha value is -2.88. The molecular weight excluding hydrogens is 540 g/mol. The lowest BCUT2D eigenvalue weighted by Gasteiger charge is -2.31. The average molecular weight is 570 g/mol. The number of aromatic nitrogens is 2. The summed E-state index contributed by atoms with van der Waals surface area (Å²) in [6, 6.07) is 12.4. The monoisotopic (exact) mass is 568 g/mol. The van der Waals surface area contributed by atoms with Gasteiger partial charge in [-0.25, -0.2) is 9.97 Å². The number of hydrogen-bond acceptors (Lipinski definition) is 8. The van der Waals surface area contributed by atoms with Gasteiger partial charge in [0, 0.05) is 40.1 Å². The van der Waals surface area contributed by atoms with Gasteiger partial charge in [0.1, 0.15) is 28.5 Å². The van der Waals surface area contributed by atoms with Crippen molar-refractivity contribution in [3.63, 3.8) is 0 Å². The van der Waals surface area contributed by atoms with Gasteiger partial charge in [0.05, 0.1) is 43.2 Å². The molecule has 1 aliphatic rings. The zero-order valence-electron chi connectivity index (χ0n) is 20.6. The van der Waals surface area contributed by atoms with Crippen LogP contribution in [0.3, 0.4) is 0 Å². The summed E-state index contributed by atoms with van der Waals surface area (Å²) in [4.78, 5) is 13.7. The van der Waals surface area contributed by atoms with Crippen molar-refractivity contribution in [2.75, 3.05) is 49.7 Å². The van der Waals surface area contributed by atoms with Gasteiger partial charge < -0.3 is 24.4 Å². The highest BCUT2D eigenvalue weighted by atomic mass is 79.9. The molecule has 0 atom stereocenters. The predicted octanol–water partition coefficient (Wildman–Crippen LogP) is 6.81. The van der Waals surface area contributed by atoms with Crippen LogP contribution in [0, 0.1) is 6.92 Å². The number of nitrogens with one attached hydrogen (secondary N) is 1. The van der Waals surface area contributed by atoms with Crippen molar-refractivity contribution in [1.82, 2.24) is 9.97 Å². The molecule has 4 aromatic rings. The second-order valence-electron chi connectivity index (χ2n) is 8.35. The molecule has 1 fully saturated rings. The van der Waals surface area contributed by atoms with E-state index in [1.165, 1.54) is 4.88 Å². The van der Waals surface area contributed by atoms with Crippen LogP contribution < -0.4 is 19.7 Å². The van der Waals surface area contributed by atoms with Crippen LogP contribution in [0.25, 0.3) is 21.3 Å². The minimum Gasteiger partial charge on any atom is -0.492 e. The Morgan fingerprint density at radius 2 is 1.75 bits per heavy atom. The average Bonchev–Trinajstić information content (AvgIpc) is 3.23. The Labute approximate surface area is 223 Å². The number of aryl methyl sites for hydroxylation is 1. The first-order chi connectivity index (χ1) is 17.6. The Bertz CT molecular complexity index is 1350. The van der Waals surface area contributed by atoms with Crippen LogP contribution in [0.15, 0.2) is 47.2 Å². The third kappa shape index (κ3) is 5.00. The van der Waals surface area contributed by atoms with Gasteiger partial charge in [0.2, 0.25) is 0 Å². The van der Waals surface area contributed by atoms with Gasteiger partial charge in [-0.3, -0.25) is 0 Å². The van der Waals surface area contributed by atoms with Gasteiger partial charge in [0.15, 0.2) is 0 Å². The fourth-order valence-electron chi connectivity index (χ4n) is 4.48. The zero-order valence-corrected chi connectivity index (χ0v) is 23.0. The van der Waals surface area contributed by atoms with Gasteiger partial charge in [0.25, 0.3) is 0 Å². The molecule has 0 spiro atoms. The third-order valence-corrected chi connectivity index (χ3v) is 7.60. The summed E-state index contributed by atoms with van der Waals surface area (Å²) in [5, 5.41) is 4.56. The minimum atomic E-state index is 0.548. The van der Waals surface area contributed by atoms with Gasteiger partial charge in [-0.2, -0.15) is 0 Å². The topological polar surface area (TPSA) is 68.7 Å². The molecule has 2 aromatic carbocycles. The first kappa shape index (κ1) is 24.8. The first-order valence-electron chi connectivity index (χ1n) is 12.1. The minimum absolute atomic E-state index is 0.548. The number of morpholine rings is 1. The van der Waals surface area contributed by atoms with Crippen LogP contribution in [0.5, 0.6) is 11.5 Å². The summed E-state index contributed by atoms with van der Waals surface area (Å²) in [5.41, 5.74) is 4.09. The predicted molar refractivity (Wildman–Crippen MR) is 150 cm³/mol. The number of halogens is 1. The second-order valence-corrected chi connectivity index (χ2v) is 10.5. The van der Waals surface area contributed by atoms with Crippen molar-refractivity contribution in [3.8, 4) is 22.6 Å². The van der Waals surface area contributed by atoms with E-state index in [0.717, 1.165) is 67.6 Å². The van der Waals surface area contributed by atoms with Crippen LogP contribution in [0.4, 0.5) is 17.2 Å². The maximum absolute atomic E-state index is 6.10. The summed E-state index contributed by atoms with van der Waals surface area (Å²) >= 11 is 5.21. The van der Waals surface area contributed by atoms with Crippen molar-refractivity contribution in [1.29, 1.82) is 0 Å². The Morgan fingerprint density at radius 1 is 1.03 bits per heavy atom. The smallest absolute Gasteiger partial charge is 0.145 e. The maximum atomic E-state index is 6.10. The lowest BCUT2D eigenvalue weighted by atomic mass is 10.0. The first-order valence-corrected chi connectivity index (χ1v) is 13.7. The quantitative estimate of drug-likeness (QED) is 0.250. The molecule has 7 nitrogen and oxygen atoms in total. The summed E-state index contributed by atoms with van der Waals surface area (Å²) in [6.07, 6.45) is 1.61. The molecule has 3 heterocycles. The number of rotatable bonds is 8. The number of ether oxygens (including phenoxy) is 3. The number of thiophene rings is 1. The zero-order chi connectivity index (χ0) is 25.1. The van der Waals surface area contributed by atoms with E-state index < -0.39 is 0 Å². The molecule has 0 aliphatic carbocycles. The normalized spacial score (nSPS) is 13.7. The molecule has 36 heavy (non-hydrogen) atoms. The number of hydrogen-bond donors (Lipinski definition) is 1. The van der Waals surface area contributed by atoms with Crippen molar-refractivity contribution in [3.05, 3.63) is 52.1 Å². The van der Waals surface area contributed by atoms with E-state index in [4.69, 9.17) is 14.2 Å². The third-order valence-electron chi connectivity index (χ3n) is 6.06. The molecule has 1 N–H and O–H groups in total. The van der Waals surface area contributed by atoms with E-state index in [-0.39, 0.29) is 0 Å². The van der Waals surface area contributed by atoms with Crippen molar-refractivity contribution in [2.24, 2.45) is 0 Å². The summed E-state index contributed by atoms with van der Waals surface area (Å²) in [6.45, 7) is 10.3. The highest BCUT2D eigenvalue weighted by Gasteiger charge is 2.22. The number of anilines is 3. The molecule has 5 rings (SSSR count). The Balaban J connectivity index is 1.61. The summed E-state index contributed by atoms with van der Waals surface area (Å²) < 4.78 is 18.8. The molecule has 188 valence electrons. The fourth-order valence-corrected chi connectivity index (χ4v) is 5.75.